The van der Waals surface area contributed by atoms with Crippen molar-refractivity contribution in [2.45, 2.75) is 25.3 Å². The summed E-state index contributed by atoms with van der Waals surface area (Å²) in [5, 5.41) is 12.8. The lowest BCUT2D eigenvalue weighted by Crippen LogP contribution is -2.07. The van der Waals surface area contributed by atoms with E-state index < -0.39 is 0 Å². The average Bonchev–Trinajstić information content (AvgIpc) is 3.20. The predicted octanol–water partition coefficient (Wildman–Crippen LogP) is 3.18. The van der Waals surface area contributed by atoms with E-state index in [0.29, 0.717) is 29.9 Å². The molecular formula is C16H13ClN4O. The second kappa shape index (κ2) is 5.15. The molecule has 22 heavy (non-hydrogen) atoms. The summed E-state index contributed by atoms with van der Waals surface area (Å²) in [4.78, 5) is 8.67. The number of aromatic nitrogens is 2. The molecule has 110 valence electrons. The summed E-state index contributed by atoms with van der Waals surface area (Å²) in [6, 6.07) is 8.41. The zero-order chi connectivity index (χ0) is 15.1. The Hall–Kier alpha value is -2.32. The second-order valence-corrected chi connectivity index (χ2v) is 5.87. The van der Waals surface area contributed by atoms with E-state index in [0.717, 1.165) is 30.6 Å². The van der Waals surface area contributed by atoms with E-state index in [2.05, 4.69) is 21.4 Å². The Labute approximate surface area is 132 Å². The number of nitrogens with one attached hydrogen (secondary N) is 1. The van der Waals surface area contributed by atoms with Crippen LogP contribution in [0, 0.1) is 11.3 Å². The van der Waals surface area contributed by atoms with Gasteiger partial charge in [0.15, 0.2) is 5.15 Å². The van der Waals surface area contributed by atoms with Gasteiger partial charge in [0, 0.05) is 18.0 Å². The van der Waals surface area contributed by atoms with Crippen molar-refractivity contribution in [3.63, 3.8) is 0 Å². The first-order valence-corrected chi connectivity index (χ1v) is 7.62. The van der Waals surface area contributed by atoms with Crippen LogP contribution in [0.1, 0.15) is 24.0 Å². The van der Waals surface area contributed by atoms with Crippen LogP contribution < -0.4 is 10.1 Å². The molecule has 1 N–H and O–H groups in total. The molecule has 0 bridgehead atoms. The van der Waals surface area contributed by atoms with Crippen LogP contribution in [0.25, 0.3) is 11.3 Å². The summed E-state index contributed by atoms with van der Waals surface area (Å²) in [5.41, 5.74) is 2.84. The maximum absolute atomic E-state index is 9.37. The largest absolute Gasteiger partial charge is 0.493 e. The van der Waals surface area contributed by atoms with Crippen molar-refractivity contribution in [1.82, 2.24) is 9.97 Å². The summed E-state index contributed by atoms with van der Waals surface area (Å²) in [6.45, 7) is 0.697. The normalized spacial score (nSPS) is 15.8. The van der Waals surface area contributed by atoms with Crippen LogP contribution >= 0.6 is 11.6 Å². The molecule has 2 heterocycles. The second-order valence-electron chi connectivity index (χ2n) is 5.51. The van der Waals surface area contributed by atoms with Gasteiger partial charge in [0.25, 0.3) is 0 Å². The molecule has 2 aromatic rings. The Morgan fingerprint density at radius 2 is 2.18 bits per heavy atom. The van der Waals surface area contributed by atoms with Gasteiger partial charge in [-0.1, -0.05) is 23.7 Å². The number of rotatable bonds is 3. The first-order valence-electron chi connectivity index (χ1n) is 7.25. The highest BCUT2D eigenvalue weighted by molar-refractivity contribution is 6.31. The fourth-order valence-corrected chi connectivity index (χ4v) is 2.74. The quantitative estimate of drug-likeness (QED) is 0.881. The Kier molecular flexibility index (Phi) is 3.12. The molecule has 1 aliphatic heterocycles. The molecular weight excluding hydrogens is 300 g/mol. The fourth-order valence-electron chi connectivity index (χ4n) is 2.53. The van der Waals surface area contributed by atoms with Gasteiger partial charge in [0.05, 0.1) is 12.3 Å². The Bertz CT molecular complexity index is 795. The Morgan fingerprint density at radius 3 is 2.95 bits per heavy atom. The van der Waals surface area contributed by atoms with Crippen molar-refractivity contribution in [1.29, 1.82) is 5.26 Å². The molecule has 0 atom stereocenters. The van der Waals surface area contributed by atoms with E-state index in [1.807, 2.05) is 18.2 Å². The molecule has 1 aromatic carbocycles. The standard InChI is InChI=1S/C16H13ClN4O/c17-15-12(8-18)14(20-16(21-15)19-11-3-4-11)10-2-1-9-5-6-22-13(9)7-10/h1-2,7,11H,3-6H2,(H,19,20,21). The maximum Gasteiger partial charge on any atom is 0.224 e. The summed E-state index contributed by atoms with van der Waals surface area (Å²) in [7, 11) is 0. The predicted molar refractivity (Wildman–Crippen MR) is 83.0 cm³/mol. The smallest absolute Gasteiger partial charge is 0.224 e. The summed E-state index contributed by atoms with van der Waals surface area (Å²) < 4.78 is 5.59. The number of benzene rings is 1. The number of hydrogen-bond donors (Lipinski definition) is 1. The van der Waals surface area contributed by atoms with E-state index in [1.165, 1.54) is 5.56 Å². The van der Waals surface area contributed by atoms with Crippen LogP contribution in [-0.2, 0) is 6.42 Å². The van der Waals surface area contributed by atoms with Crippen LogP contribution in [0.4, 0.5) is 5.95 Å². The first-order chi connectivity index (χ1) is 10.7. The van der Waals surface area contributed by atoms with Crippen molar-refractivity contribution in [2.75, 3.05) is 11.9 Å². The van der Waals surface area contributed by atoms with Crippen molar-refractivity contribution in [3.8, 4) is 23.1 Å². The van der Waals surface area contributed by atoms with E-state index >= 15 is 0 Å². The number of anilines is 1. The molecule has 2 aliphatic rings. The van der Waals surface area contributed by atoms with Gasteiger partial charge in [0.1, 0.15) is 17.4 Å². The van der Waals surface area contributed by atoms with Crippen LogP contribution in [0.5, 0.6) is 5.75 Å². The lowest BCUT2D eigenvalue weighted by Gasteiger charge is -2.10. The lowest BCUT2D eigenvalue weighted by molar-refractivity contribution is 0.357. The number of ether oxygens (including phenoxy) is 1. The molecule has 0 unspecified atom stereocenters. The zero-order valence-corrected chi connectivity index (χ0v) is 12.5. The van der Waals surface area contributed by atoms with E-state index in [9.17, 15) is 5.26 Å². The fraction of sp³-hybridized carbons (Fsp3) is 0.312. The number of nitrogens with zero attached hydrogens (tertiary/aromatic N) is 3. The van der Waals surface area contributed by atoms with Gasteiger partial charge in [-0.3, -0.25) is 0 Å². The average molecular weight is 313 g/mol. The Balaban J connectivity index is 1.81. The highest BCUT2D eigenvalue weighted by Crippen LogP contribution is 2.34. The SMILES string of the molecule is N#Cc1c(Cl)nc(NC2CC2)nc1-c1ccc2c(c1)OCC2. The molecule has 1 saturated carbocycles. The van der Waals surface area contributed by atoms with Gasteiger partial charge in [-0.05, 0) is 24.5 Å². The minimum absolute atomic E-state index is 0.178. The van der Waals surface area contributed by atoms with Crippen LogP contribution in [0.3, 0.4) is 0 Å². The third-order valence-electron chi connectivity index (χ3n) is 3.86. The maximum atomic E-state index is 9.37. The number of halogens is 1. The van der Waals surface area contributed by atoms with E-state index in [1.54, 1.807) is 0 Å². The van der Waals surface area contributed by atoms with Gasteiger partial charge in [0.2, 0.25) is 5.95 Å². The van der Waals surface area contributed by atoms with E-state index in [-0.39, 0.29) is 5.15 Å². The van der Waals surface area contributed by atoms with Gasteiger partial charge in [-0.15, -0.1) is 0 Å². The highest BCUT2D eigenvalue weighted by atomic mass is 35.5. The zero-order valence-electron chi connectivity index (χ0n) is 11.8. The minimum Gasteiger partial charge on any atom is -0.493 e. The monoisotopic (exact) mass is 312 g/mol. The lowest BCUT2D eigenvalue weighted by atomic mass is 10.0. The third-order valence-corrected chi connectivity index (χ3v) is 4.13. The van der Waals surface area contributed by atoms with E-state index in [4.69, 9.17) is 16.3 Å². The van der Waals surface area contributed by atoms with Gasteiger partial charge >= 0.3 is 0 Å². The minimum atomic E-state index is 0.178. The van der Waals surface area contributed by atoms with Crippen LogP contribution in [0.15, 0.2) is 18.2 Å². The topological polar surface area (TPSA) is 70.8 Å². The highest BCUT2D eigenvalue weighted by Gasteiger charge is 2.24. The molecule has 0 amide bonds. The molecule has 0 spiro atoms. The van der Waals surface area contributed by atoms with Crippen molar-refractivity contribution in [3.05, 3.63) is 34.5 Å². The summed E-state index contributed by atoms with van der Waals surface area (Å²) >= 11 is 6.16. The van der Waals surface area contributed by atoms with Crippen molar-refractivity contribution in [2.24, 2.45) is 0 Å². The molecule has 1 aliphatic carbocycles. The summed E-state index contributed by atoms with van der Waals surface area (Å²) in [6.07, 6.45) is 3.14. The van der Waals surface area contributed by atoms with Crippen molar-refractivity contribution >= 4 is 17.5 Å². The number of hydrogen-bond acceptors (Lipinski definition) is 5. The Morgan fingerprint density at radius 1 is 1.32 bits per heavy atom. The number of nitriles is 1. The molecule has 0 radical (unpaired) electrons. The molecule has 4 rings (SSSR count). The van der Waals surface area contributed by atoms with Gasteiger partial charge in [-0.25, -0.2) is 4.98 Å². The molecule has 1 aromatic heterocycles. The van der Waals surface area contributed by atoms with Crippen LogP contribution in [0.2, 0.25) is 5.15 Å². The van der Waals surface area contributed by atoms with Gasteiger partial charge in [-0.2, -0.15) is 10.2 Å². The molecule has 5 nitrogen and oxygen atoms in total. The van der Waals surface area contributed by atoms with Gasteiger partial charge < -0.3 is 10.1 Å². The van der Waals surface area contributed by atoms with Crippen molar-refractivity contribution < 1.29 is 4.74 Å². The molecule has 1 fully saturated rings. The first kappa shape index (κ1) is 13.4. The number of fused-ring (bicyclic) bond motifs is 1. The molecule has 6 heteroatoms. The van der Waals surface area contributed by atoms with Crippen LogP contribution in [-0.4, -0.2) is 22.6 Å². The summed E-state index contributed by atoms with van der Waals surface area (Å²) in [5.74, 6) is 1.33. The molecule has 0 saturated heterocycles. The third kappa shape index (κ3) is 2.36.